The molecule has 0 radical (unpaired) electrons. The van der Waals surface area contributed by atoms with Gasteiger partial charge < -0.3 is 24.5 Å². The van der Waals surface area contributed by atoms with Crippen molar-refractivity contribution >= 4 is 17.7 Å². The Labute approximate surface area is 269 Å². The zero-order chi connectivity index (χ0) is 31.9. The molecule has 8 heteroatoms. The first-order valence-corrected chi connectivity index (χ1v) is 16.0. The summed E-state index contributed by atoms with van der Waals surface area (Å²) in [4.78, 5) is 49.3. The minimum absolute atomic E-state index is 0.179. The lowest BCUT2D eigenvalue weighted by molar-refractivity contribution is -0.156. The minimum Gasteiger partial charge on any atom is -0.394 e. The lowest BCUT2D eigenvalue weighted by Crippen LogP contribution is -2.59. The number of aliphatic hydroxyl groups is 1. The average Bonchev–Trinajstić information content (AvgIpc) is 3.36. The van der Waals surface area contributed by atoms with Crippen molar-refractivity contribution in [1.82, 2.24) is 14.7 Å². The van der Waals surface area contributed by atoms with Crippen molar-refractivity contribution in [1.29, 1.82) is 0 Å². The number of nitrogens with zero attached hydrogens (tertiary/aromatic N) is 3. The summed E-state index contributed by atoms with van der Waals surface area (Å²) >= 11 is 0. The maximum atomic E-state index is 14.9. The maximum Gasteiger partial charge on any atom is 0.249 e. The number of carbonyl (C=O) groups is 3. The smallest absolute Gasteiger partial charge is 0.249 e. The highest BCUT2D eigenvalue weighted by Gasteiger charge is 2.75. The Morgan fingerprint density at radius 1 is 0.717 bits per heavy atom. The summed E-state index contributed by atoms with van der Waals surface area (Å²) in [5.74, 6) is -2.57. The van der Waals surface area contributed by atoms with Crippen LogP contribution in [0.1, 0.15) is 23.6 Å². The van der Waals surface area contributed by atoms with E-state index in [9.17, 15) is 19.5 Å². The van der Waals surface area contributed by atoms with Crippen LogP contribution in [0.4, 0.5) is 0 Å². The number of ether oxygens (including phenoxy) is 1. The van der Waals surface area contributed by atoms with Crippen LogP contribution in [0.25, 0.3) is 0 Å². The standard InChI is InChI=1S/C38H39N3O5/c1-37-19-11-21-39(24-28-15-7-3-8-16-28)34(43)31(37)32-35(44)41(30(26-42)23-27-13-5-2-6-14-27)33-36(45)40(22-12-20-38(32,33)46-37)25-29-17-9-4-10-18-29/h2-20,30-33,42H,21-26H2,1H3/t30-,31+,32+,33?,37-,38+/m1/s1. The van der Waals surface area contributed by atoms with Crippen LogP contribution in [0.3, 0.4) is 0 Å². The van der Waals surface area contributed by atoms with Crippen LogP contribution >= 0.6 is 0 Å². The van der Waals surface area contributed by atoms with Crippen molar-refractivity contribution in [3.63, 3.8) is 0 Å². The number of fused-ring (bicyclic) bond motifs is 2. The third-order valence-corrected chi connectivity index (χ3v) is 10.0. The van der Waals surface area contributed by atoms with Crippen LogP contribution in [0, 0.1) is 11.8 Å². The zero-order valence-corrected chi connectivity index (χ0v) is 25.9. The second-order valence-corrected chi connectivity index (χ2v) is 13.0. The molecule has 46 heavy (non-hydrogen) atoms. The molecule has 3 amide bonds. The van der Waals surface area contributed by atoms with Crippen LogP contribution in [0.15, 0.2) is 115 Å². The van der Waals surface area contributed by atoms with Gasteiger partial charge in [0.1, 0.15) is 11.6 Å². The van der Waals surface area contributed by atoms with Crippen molar-refractivity contribution in [2.45, 2.75) is 49.7 Å². The summed E-state index contributed by atoms with van der Waals surface area (Å²) in [6, 6.07) is 27.4. The van der Waals surface area contributed by atoms with E-state index in [2.05, 4.69) is 0 Å². The topological polar surface area (TPSA) is 90.4 Å². The molecule has 6 atom stereocenters. The van der Waals surface area contributed by atoms with E-state index in [1.165, 1.54) is 0 Å². The summed E-state index contributed by atoms with van der Waals surface area (Å²) in [5, 5.41) is 10.8. The van der Waals surface area contributed by atoms with E-state index in [-0.39, 0.29) is 24.3 Å². The van der Waals surface area contributed by atoms with E-state index in [0.717, 1.165) is 16.7 Å². The molecular weight excluding hydrogens is 578 g/mol. The molecule has 236 valence electrons. The van der Waals surface area contributed by atoms with E-state index in [1.807, 2.05) is 122 Å². The molecule has 3 aromatic carbocycles. The molecule has 0 bridgehead atoms. The number of hydrogen-bond donors (Lipinski definition) is 1. The van der Waals surface area contributed by atoms with Crippen molar-refractivity contribution in [3.8, 4) is 0 Å². The van der Waals surface area contributed by atoms with Crippen LogP contribution in [0.2, 0.25) is 0 Å². The highest BCUT2D eigenvalue weighted by molar-refractivity contribution is 6.00. The van der Waals surface area contributed by atoms with Gasteiger partial charge in [-0.05, 0) is 30.0 Å². The van der Waals surface area contributed by atoms with E-state index < -0.39 is 35.1 Å². The van der Waals surface area contributed by atoms with Crippen molar-refractivity contribution in [3.05, 3.63) is 132 Å². The maximum absolute atomic E-state index is 14.9. The van der Waals surface area contributed by atoms with Gasteiger partial charge in [0.15, 0.2) is 0 Å². The molecule has 3 aromatic rings. The Kier molecular flexibility index (Phi) is 7.87. The van der Waals surface area contributed by atoms with Gasteiger partial charge in [-0.25, -0.2) is 0 Å². The minimum atomic E-state index is -1.39. The summed E-state index contributed by atoms with van der Waals surface area (Å²) in [5.41, 5.74) is 0.392. The van der Waals surface area contributed by atoms with Gasteiger partial charge in [0.2, 0.25) is 17.7 Å². The fourth-order valence-corrected chi connectivity index (χ4v) is 7.98. The zero-order valence-electron chi connectivity index (χ0n) is 25.9. The summed E-state index contributed by atoms with van der Waals surface area (Å²) in [7, 11) is 0. The molecular formula is C38H39N3O5. The number of likely N-dealkylation sites (tertiary alicyclic amines) is 1. The highest BCUT2D eigenvalue weighted by atomic mass is 16.5. The van der Waals surface area contributed by atoms with Crippen LogP contribution in [-0.2, 0) is 38.6 Å². The van der Waals surface area contributed by atoms with E-state index in [0.29, 0.717) is 32.6 Å². The van der Waals surface area contributed by atoms with Gasteiger partial charge in [0.25, 0.3) is 0 Å². The lowest BCUT2D eigenvalue weighted by Gasteiger charge is -2.40. The Hall–Kier alpha value is -4.53. The fourth-order valence-electron chi connectivity index (χ4n) is 7.98. The summed E-state index contributed by atoms with van der Waals surface area (Å²) in [6.07, 6.45) is 7.96. The number of benzene rings is 3. The number of aliphatic hydroxyl groups excluding tert-OH is 1. The van der Waals surface area contributed by atoms with Crippen molar-refractivity contribution in [2.24, 2.45) is 11.8 Å². The molecule has 1 spiro atoms. The van der Waals surface area contributed by atoms with Gasteiger partial charge in [-0.1, -0.05) is 115 Å². The van der Waals surface area contributed by atoms with Crippen LogP contribution < -0.4 is 0 Å². The Morgan fingerprint density at radius 2 is 1.24 bits per heavy atom. The second-order valence-electron chi connectivity index (χ2n) is 13.0. The Balaban J connectivity index is 1.31. The molecule has 0 saturated carbocycles. The molecule has 4 aliphatic rings. The Bertz CT molecular complexity index is 1660. The molecule has 4 aliphatic heterocycles. The number of rotatable bonds is 8. The predicted octanol–water partition coefficient (Wildman–Crippen LogP) is 3.76. The van der Waals surface area contributed by atoms with Gasteiger partial charge in [-0.15, -0.1) is 0 Å². The largest absolute Gasteiger partial charge is 0.394 e. The van der Waals surface area contributed by atoms with Gasteiger partial charge in [-0.2, -0.15) is 0 Å². The van der Waals surface area contributed by atoms with Crippen LogP contribution in [-0.4, -0.2) is 80.5 Å². The van der Waals surface area contributed by atoms with Gasteiger partial charge >= 0.3 is 0 Å². The summed E-state index contributed by atoms with van der Waals surface area (Å²) < 4.78 is 7.00. The normalized spacial score (nSPS) is 29.3. The predicted molar refractivity (Wildman–Crippen MR) is 173 cm³/mol. The third kappa shape index (κ3) is 5.06. The molecule has 1 N–H and O–H groups in total. The van der Waals surface area contributed by atoms with Gasteiger partial charge in [0, 0.05) is 26.2 Å². The molecule has 7 rings (SSSR count). The SMILES string of the molecule is C[C@@]12C=CCN(Cc3ccccc3)C(=O)[C@@H]1[C@H]1C(=O)N([C@@H](CO)Cc3ccccc3)C3C(=O)N(Cc4ccccc4)CC=C[C@@]31O2. The fraction of sp³-hybridized carbons (Fsp3) is 0.342. The van der Waals surface area contributed by atoms with Crippen LogP contribution in [0.5, 0.6) is 0 Å². The molecule has 1 unspecified atom stereocenters. The third-order valence-electron chi connectivity index (χ3n) is 10.0. The first kappa shape index (κ1) is 30.1. The molecule has 0 aliphatic carbocycles. The molecule has 2 fully saturated rings. The monoisotopic (exact) mass is 617 g/mol. The quantitative estimate of drug-likeness (QED) is 0.389. The van der Waals surface area contributed by atoms with Crippen molar-refractivity contribution in [2.75, 3.05) is 19.7 Å². The molecule has 0 aromatic heterocycles. The average molecular weight is 618 g/mol. The molecule has 8 nitrogen and oxygen atoms in total. The lowest BCUT2D eigenvalue weighted by atomic mass is 9.74. The first-order chi connectivity index (χ1) is 22.3. The van der Waals surface area contributed by atoms with Gasteiger partial charge in [-0.3, -0.25) is 14.4 Å². The first-order valence-electron chi connectivity index (χ1n) is 16.0. The van der Waals surface area contributed by atoms with E-state index in [1.54, 1.807) is 14.7 Å². The molecule has 4 heterocycles. The number of carbonyl (C=O) groups excluding carboxylic acids is 3. The van der Waals surface area contributed by atoms with E-state index in [4.69, 9.17) is 4.74 Å². The van der Waals surface area contributed by atoms with E-state index >= 15 is 0 Å². The summed E-state index contributed by atoms with van der Waals surface area (Å²) in [6.45, 7) is 2.99. The highest BCUT2D eigenvalue weighted by Crippen LogP contribution is 2.58. The second kappa shape index (κ2) is 12.0. The number of amides is 3. The number of hydrogen-bond acceptors (Lipinski definition) is 5. The molecule has 2 saturated heterocycles. The Morgan fingerprint density at radius 3 is 1.80 bits per heavy atom. The van der Waals surface area contributed by atoms with Gasteiger partial charge in [0.05, 0.1) is 30.1 Å². The van der Waals surface area contributed by atoms with Crippen molar-refractivity contribution < 1.29 is 24.2 Å².